The summed E-state index contributed by atoms with van der Waals surface area (Å²) in [7, 11) is 0. The number of rotatable bonds is 3. The van der Waals surface area contributed by atoms with Gasteiger partial charge in [-0.25, -0.2) is 9.97 Å². The predicted octanol–water partition coefficient (Wildman–Crippen LogP) is 5.32. The number of aryl methyl sites for hydroxylation is 1. The quantitative estimate of drug-likeness (QED) is 0.601. The molecule has 1 aliphatic heterocycles. The standard InChI is InChI=1S/C22H23BrN4O/c1-14-9-11-27(12-10-14)22(28)19-13-24-21-18(8-3-15(2)25-21)20(19)26-17-6-4-16(23)5-7-17/h3-8,13-14H,9-12H2,1-2H3,(H,24,25,26). The lowest BCUT2D eigenvalue weighted by Gasteiger charge is -2.31. The maximum Gasteiger partial charge on any atom is 0.257 e. The highest BCUT2D eigenvalue weighted by atomic mass is 79.9. The summed E-state index contributed by atoms with van der Waals surface area (Å²) in [5, 5.41) is 4.29. The van der Waals surface area contributed by atoms with Gasteiger partial charge in [-0.05, 0) is 62.1 Å². The molecule has 1 aliphatic rings. The van der Waals surface area contributed by atoms with E-state index >= 15 is 0 Å². The molecule has 1 saturated heterocycles. The molecule has 3 aromatic rings. The number of aromatic nitrogens is 2. The van der Waals surface area contributed by atoms with Crippen LogP contribution in [0.25, 0.3) is 11.0 Å². The van der Waals surface area contributed by atoms with Crippen molar-refractivity contribution in [3.8, 4) is 0 Å². The third-order valence-electron chi connectivity index (χ3n) is 5.28. The minimum Gasteiger partial charge on any atom is -0.354 e. The highest BCUT2D eigenvalue weighted by Gasteiger charge is 2.25. The van der Waals surface area contributed by atoms with E-state index in [2.05, 4.69) is 38.1 Å². The molecule has 4 rings (SSSR count). The molecule has 3 heterocycles. The Morgan fingerprint density at radius 1 is 1.14 bits per heavy atom. The van der Waals surface area contributed by atoms with E-state index in [4.69, 9.17) is 0 Å². The van der Waals surface area contributed by atoms with Gasteiger partial charge >= 0.3 is 0 Å². The molecular weight excluding hydrogens is 416 g/mol. The molecule has 2 aromatic heterocycles. The summed E-state index contributed by atoms with van der Waals surface area (Å²) < 4.78 is 1.01. The first-order valence-corrected chi connectivity index (χ1v) is 10.4. The highest BCUT2D eigenvalue weighted by Crippen LogP contribution is 2.31. The largest absolute Gasteiger partial charge is 0.354 e. The third-order valence-corrected chi connectivity index (χ3v) is 5.81. The monoisotopic (exact) mass is 438 g/mol. The Morgan fingerprint density at radius 3 is 2.57 bits per heavy atom. The van der Waals surface area contributed by atoms with Crippen LogP contribution >= 0.6 is 15.9 Å². The van der Waals surface area contributed by atoms with E-state index in [9.17, 15) is 4.79 Å². The van der Waals surface area contributed by atoms with Crippen molar-refractivity contribution in [3.05, 3.63) is 58.3 Å². The molecule has 1 fully saturated rings. The van der Waals surface area contributed by atoms with E-state index in [-0.39, 0.29) is 5.91 Å². The molecule has 6 heteroatoms. The van der Waals surface area contributed by atoms with E-state index in [1.165, 1.54) is 0 Å². The smallest absolute Gasteiger partial charge is 0.257 e. The Kier molecular flexibility index (Phi) is 5.31. The normalized spacial score (nSPS) is 15.0. The number of likely N-dealkylation sites (tertiary alicyclic amines) is 1. The topological polar surface area (TPSA) is 58.1 Å². The van der Waals surface area contributed by atoms with E-state index in [1.807, 2.05) is 48.2 Å². The van der Waals surface area contributed by atoms with Crippen molar-refractivity contribution in [2.75, 3.05) is 18.4 Å². The summed E-state index contributed by atoms with van der Waals surface area (Å²) in [5.74, 6) is 0.702. The zero-order valence-electron chi connectivity index (χ0n) is 16.1. The fourth-order valence-electron chi connectivity index (χ4n) is 3.53. The average molecular weight is 439 g/mol. The van der Waals surface area contributed by atoms with Gasteiger partial charge < -0.3 is 10.2 Å². The highest BCUT2D eigenvalue weighted by molar-refractivity contribution is 9.10. The zero-order chi connectivity index (χ0) is 19.7. The van der Waals surface area contributed by atoms with Crippen LogP contribution in [0.4, 0.5) is 11.4 Å². The molecule has 28 heavy (non-hydrogen) atoms. The molecule has 0 aliphatic carbocycles. The van der Waals surface area contributed by atoms with Gasteiger partial charge in [0.15, 0.2) is 5.65 Å². The number of hydrogen-bond acceptors (Lipinski definition) is 4. The summed E-state index contributed by atoms with van der Waals surface area (Å²) >= 11 is 3.46. The maximum atomic E-state index is 13.3. The Bertz CT molecular complexity index is 1010. The van der Waals surface area contributed by atoms with Crippen LogP contribution in [0.5, 0.6) is 0 Å². The maximum absolute atomic E-state index is 13.3. The van der Waals surface area contributed by atoms with Crippen molar-refractivity contribution in [2.24, 2.45) is 5.92 Å². The summed E-state index contributed by atoms with van der Waals surface area (Å²) in [6.45, 7) is 5.77. The zero-order valence-corrected chi connectivity index (χ0v) is 17.7. The SMILES string of the molecule is Cc1ccc2c(Nc3ccc(Br)cc3)c(C(=O)N3CCC(C)CC3)cnc2n1. The number of carbonyl (C=O) groups excluding carboxylic acids is 1. The number of pyridine rings is 2. The van der Waals surface area contributed by atoms with Crippen LogP contribution < -0.4 is 5.32 Å². The lowest BCUT2D eigenvalue weighted by Crippen LogP contribution is -2.38. The second kappa shape index (κ2) is 7.87. The van der Waals surface area contributed by atoms with Crippen LogP contribution in [0.1, 0.15) is 35.8 Å². The minimum absolute atomic E-state index is 0.0292. The second-order valence-corrected chi connectivity index (χ2v) is 8.39. The lowest BCUT2D eigenvalue weighted by molar-refractivity contribution is 0.0698. The number of fused-ring (bicyclic) bond motifs is 1. The fraction of sp³-hybridized carbons (Fsp3) is 0.318. The van der Waals surface area contributed by atoms with Gasteiger partial charge in [0.05, 0.1) is 11.3 Å². The number of piperidine rings is 1. The molecule has 0 bridgehead atoms. The average Bonchev–Trinajstić information content (AvgIpc) is 2.70. The van der Waals surface area contributed by atoms with Gasteiger partial charge in [-0.1, -0.05) is 22.9 Å². The van der Waals surface area contributed by atoms with Gasteiger partial charge in [-0.3, -0.25) is 4.79 Å². The van der Waals surface area contributed by atoms with Crippen molar-refractivity contribution in [2.45, 2.75) is 26.7 Å². The summed E-state index contributed by atoms with van der Waals surface area (Å²) in [4.78, 5) is 24.3. The van der Waals surface area contributed by atoms with Crippen molar-refractivity contribution in [3.63, 3.8) is 0 Å². The Morgan fingerprint density at radius 2 is 1.86 bits per heavy atom. The minimum atomic E-state index is 0.0292. The molecule has 144 valence electrons. The van der Waals surface area contributed by atoms with Crippen LogP contribution in [0.15, 0.2) is 47.1 Å². The van der Waals surface area contributed by atoms with Gasteiger partial charge in [0, 0.05) is 40.5 Å². The van der Waals surface area contributed by atoms with E-state index in [0.29, 0.717) is 17.1 Å². The van der Waals surface area contributed by atoms with Crippen molar-refractivity contribution in [1.82, 2.24) is 14.9 Å². The van der Waals surface area contributed by atoms with Gasteiger partial charge in [0.25, 0.3) is 5.91 Å². The Balaban J connectivity index is 1.77. The summed E-state index contributed by atoms with van der Waals surface area (Å²) in [5.41, 5.74) is 3.82. The molecule has 1 aromatic carbocycles. The van der Waals surface area contributed by atoms with Gasteiger partial charge in [-0.15, -0.1) is 0 Å². The number of hydrogen-bond donors (Lipinski definition) is 1. The molecule has 0 atom stereocenters. The fourth-order valence-corrected chi connectivity index (χ4v) is 3.79. The molecule has 1 N–H and O–H groups in total. The first-order chi connectivity index (χ1) is 13.5. The van der Waals surface area contributed by atoms with Crippen molar-refractivity contribution in [1.29, 1.82) is 0 Å². The first kappa shape index (κ1) is 18.9. The third kappa shape index (κ3) is 3.87. The molecule has 0 saturated carbocycles. The first-order valence-electron chi connectivity index (χ1n) is 9.59. The van der Waals surface area contributed by atoms with Crippen LogP contribution in [0.2, 0.25) is 0 Å². The van der Waals surface area contributed by atoms with Crippen molar-refractivity contribution >= 4 is 44.2 Å². The Labute approximate surface area is 173 Å². The molecule has 0 spiro atoms. The number of nitrogens with zero attached hydrogens (tertiary/aromatic N) is 3. The van der Waals surface area contributed by atoms with E-state index < -0.39 is 0 Å². The molecule has 0 radical (unpaired) electrons. The predicted molar refractivity (Wildman–Crippen MR) is 116 cm³/mol. The number of anilines is 2. The van der Waals surface area contributed by atoms with Crippen LogP contribution in [-0.2, 0) is 0 Å². The van der Waals surface area contributed by atoms with E-state index in [0.717, 1.165) is 52.9 Å². The molecular formula is C22H23BrN4O. The number of carbonyl (C=O) groups is 1. The number of benzene rings is 1. The van der Waals surface area contributed by atoms with Crippen LogP contribution in [0, 0.1) is 12.8 Å². The number of amides is 1. The Hall–Kier alpha value is -2.47. The second-order valence-electron chi connectivity index (χ2n) is 7.48. The summed E-state index contributed by atoms with van der Waals surface area (Å²) in [6, 6.07) is 11.8. The molecule has 5 nitrogen and oxygen atoms in total. The lowest BCUT2D eigenvalue weighted by atomic mass is 9.98. The van der Waals surface area contributed by atoms with E-state index in [1.54, 1.807) is 6.20 Å². The molecule has 1 amide bonds. The van der Waals surface area contributed by atoms with Crippen LogP contribution in [-0.4, -0.2) is 33.9 Å². The van der Waals surface area contributed by atoms with Gasteiger partial charge in [-0.2, -0.15) is 0 Å². The van der Waals surface area contributed by atoms with Gasteiger partial charge in [0.2, 0.25) is 0 Å². The number of nitrogens with one attached hydrogen (secondary N) is 1. The molecule has 0 unspecified atom stereocenters. The van der Waals surface area contributed by atoms with Crippen LogP contribution in [0.3, 0.4) is 0 Å². The van der Waals surface area contributed by atoms with Gasteiger partial charge in [0.1, 0.15) is 0 Å². The summed E-state index contributed by atoms with van der Waals surface area (Å²) in [6.07, 6.45) is 3.75. The van der Waals surface area contributed by atoms with Crippen molar-refractivity contribution < 1.29 is 4.79 Å². The number of halogens is 1.